The highest BCUT2D eigenvalue weighted by Gasteiger charge is 2.10. The van der Waals surface area contributed by atoms with Crippen molar-refractivity contribution in [3.63, 3.8) is 0 Å². The standard InChI is InChI=1S/C11H11NO2S.ClH/c12-11(7-1-2-15-6-7)8-3-9(13)5-10(14)4-8;/h1-6,11,13-14H,12H2;1H/t11-;/m0./s1. The second-order valence-corrected chi connectivity index (χ2v) is 4.10. The van der Waals surface area contributed by atoms with Crippen LogP contribution in [0.5, 0.6) is 11.5 Å². The molecule has 16 heavy (non-hydrogen) atoms. The van der Waals surface area contributed by atoms with Gasteiger partial charge in [0.05, 0.1) is 6.04 Å². The van der Waals surface area contributed by atoms with Crippen molar-refractivity contribution in [1.82, 2.24) is 0 Å². The third kappa shape index (κ3) is 2.66. The molecule has 0 spiro atoms. The molecule has 0 radical (unpaired) electrons. The van der Waals surface area contributed by atoms with E-state index < -0.39 is 0 Å². The number of aromatic hydroxyl groups is 2. The van der Waals surface area contributed by atoms with Crippen molar-refractivity contribution in [1.29, 1.82) is 0 Å². The molecule has 0 aliphatic carbocycles. The molecular weight excluding hydrogens is 246 g/mol. The molecule has 4 N–H and O–H groups in total. The first-order valence-electron chi connectivity index (χ1n) is 4.47. The number of rotatable bonds is 2. The average molecular weight is 258 g/mol. The lowest BCUT2D eigenvalue weighted by molar-refractivity contribution is 0.448. The fourth-order valence-corrected chi connectivity index (χ4v) is 2.14. The number of halogens is 1. The predicted octanol–water partition coefficient (Wildman–Crippen LogP) is 2.63. The highest BCUT2D eigenvalue weighted by atomic mass is 35.5. The van der Waals surface area contributed by atoms with Gasteiger partial charge >= 0.3 is 0 Å². The molecule has 0 fully saturated rings. The molecule has 86 valence electrons. The van der Waals surface area contributed by atoms with Gasteiger partial charge in [-0.3, -0.25) is 0 Å². The maximum absolute atomic E-state index is 9.33. The summed E-state index contributed by atoms with van der Waals surface area (Å²) in [6, 6.07) is 6.01. The quantitative estimate of drug-likeness (QED) is 0.775. The fraction of sp³-hybridized carbons (Fsp3) is 0.0909. The smallest absolute Gasteiger partial charge is 0.119 e. The summed E-state index contributed by atoms with van der Waals surface area (Å²) < 4.78 is 0. The summed E-state index contributed by atoms with van der Waals surface area (Å²) in [5.41, 5.74) is 7.66. The van der Waals surface area contributed by atoms with Crippen LogP contribution in [0.1, 0.15) is 17.2 Å². The highest BCUT2D eigenvalue weighted by molar-refractivity contribution is 7.08. The van der Waals surface area contributed by atoms with Crippen molar-refractivity contribution >= 4 is 23.7 Å². The third-order valence-corrected chi connectivity index (χ3v) is 2.89. The molecule has 1 atom stereocenters. The van der Waals surface area contributed by atoms with Gasteiger partial charge in [-0.1, -0.05) is 0 Å². The molecule has 0 saturated carbocycles. The van der Waals surface area contributed by atoms with Crippen molar-refractivity contribution in [2.75, 3.05) is 0 Å². The summed E-state index contributed by atoms with van der Waals surface area (Å²) >= 11 is 1.57. The van der Waals surface area contributed by atoms with E-state index in [0.29, 0.717) is 5.56 Å². The molecule has 0 unspecified atom stereocenters. The van der Waals surface area contributed by atoms with E-state index in [-0.39, 0.29) is 29.9 Å². The zero-order valence-corrected chi connectivity index (χ0v) is 9.96. The number of hydrogen-bond donors (Lipinski definition) is 3. The largest absolute Gasteiger partial charge is 0.508 e. The molecule has 5 heteroatoms. The minimum Gasteiger partial charge on any atom is -0.508 e. The molecule has 1 aromatic heterocycles. The van der Waals surface area contributed by atoms with Crippen LogP contribution in [0.2, 0.25) is 0 Å². The topological polar surface area (TPSA) is 66.5 Å². The van der Waals surface area contributed by atoms with E-state index in [2.05, 4.69) is 0 Å². The van der Waals surface area contributed by atoms with Gasteiger partial charge in [0.15, 0.2) is 0 Å². The summed E-state index contributed by atoms with van der Waals surface area (Å²) in [7, 11) is 0. The Balaban J connectivity index is 0.00000128. The Morgan fingerprint density at radius 3 is 2.19 bits per heavy atom. The Morgan fingerprint density at radius 1 is 1.06 bits per heavy atom. The number of hydrogen-bond acceptors (Lipinski definition) is 4. The molecule has 0 amide bonds. The van der Waals surface area contributed by atoms with E-state index in [1.807, 2.05) is 16.8 Å². The van der Waals surface area contributed by atoms with Crippen LogP contribution in [0.15, 0.2) is 35.0 Å². The third-order valence-electron chi connectivity index (χ3n) is 2.19. The van der Waals surface area contributed by atoms with Crippen molar-refractivity contribution in [2.24, 2.45) is 5.73 Å². The first-order chi connectivity index (χ1) is 7.16. The molecule has 2 aromatic rings. The van der Waals surface area contributed by atoms with Gasteiger partial charge in [0.1, 0.15) is 11.5 Å². The zero-order chi connectivity index (χ0) is 10.8. The summed E-state index contributed by atoms with van der Waals surface area (Å²) in [6.45, 7) is 0. The van der Waals surface area contributed by atoms with Crippen LogP contribution in [-0.4, -0.2) is 10.2 Å². The van der Waals surface area contributed by atoms with Gasteiger partial charge in [0.25, 0.3) is 0 Å². The van der Waals surface area contributed by atoms with Gasteiger partial charge in [-0.05, 0) is 40.1 Å². The molecule has 0 saturated heterocycles. The number of nitrogens with two attached hydrogens (primary N) is 1. The van der Waals surface area contributed by atoms with Crippen molar-refractivity contribution in [2.45, 2.75) is 6.04 Å². The van der Waals surface area contributed by atoms with Crippen LogP contribution in [0.3, 0.4) is 0 Å². The lowest BCUT2D eigenvalue weighted by Crippen LogP contribution is -2.10. The van der Waals surface area contributed by atoms with E-state index in [1.54, 1.807) is 23.5 Å². The number of benzene rings is 1. The lowest BCUT2D eigenvalue weighted by Gasteiger charge is -2.11. The Bertz CT molecular complexity index is 439. The minimum atomic E-state index is -0.311. The SMILES string of the molecule is Cl.N[C@@H](c1ccsc1)c1cc(O)cc(O)c1. The van der Waals surface area contributed by atoms with Crippen molar-refractivity contribution in [3.05, 3.63) is 46.2 Å². The van der Waals surface area contributed by atoms with Gasteiger partial charge in [-0.15, -0.1) is 12.4 Å². The Hall–Kier alpha value is -1.23. The maximum atomic E-state index is 9.33. The maximum Gasteiger partial charge on any atom is 0.119 e. The fourth-order valence-electron chi connectivity index (χ4n) is 1.44. The van der Waals surface area contributed by atoms with E-state index in [4.69, 9.17) is 5.73 Å². The van der Waals surface area contributed by atoms with E-state index in [1.165, 1.54) is 6.07 Å². The van der Waals surface area contributed by atoms with Gasteiger partial charge in [-0.25, -0.2) is 0 Å². The molecule has 0 aliphatic rings. The van der Waals surface area contributed by atoms with Crippen molar-refractivity contribution < 1.29 is 10.2 Å². The molecule has 3 nitrogen and oxygen atoms in total. The van der Waals surface area contributed by atoms with Gasteiger partial charge in [0.2, 0.25) is 0 Å². The lowest BCUT2D eigenvalue weighted by atomic mass is 10.0. The van der Waals surface area contributed by atoms with Gasteiger partial charge in [0, 0.05) is 6.07 Å². The number of phenolic OH excluding ortho intramolecular Hbond substituents is 2. The molecule has 1 aromatic carbocycles. The highest BCUT2D eigenvalue weighted by Crippen LogP contribution is 2.28. The number of thiophene rings is 1. The molecular formula is C11H12ClNO2S. The molecule has 0 aliphatic heterocycles. The van der Waals surface area contributed by atoms with E-state index in [0.717, 1.165) is 5.56 Å². The monoisotopic (exact) mass is 257 g/mol. The first kappa shape index (κ1) is 12.8. The van der Waals surface area contributed by atoms with Crippen LogP contribution in [-0.2, 0) is 0 Å². The van der Waals surface area contributed by atoms with Gasteiger partial charge < -0.3 is 15.9 Å². The number of phenols is 2. The van der Waals surface area contributed by atoms with Crippen LogP contribution in [0, 0.1) is 0 Å². The van der Waals surface area contributed by atoms with E-state index >= 15 is 0 Å². The second-order valence-electron chi connectivity index (χ2n) is 3.32. The molecule has 0 bridgehead atoms. The summed E-state index contributed by atoms with van der Waals surface area (Å²) in [6.07, 6.45) is 0. The van der Waals surface area contributed by atoms with Crippen LogP contribution < -0.4 is 5.73 Å². The average Bonchev–Trinajstić information content (AvgIpc) is 2.67. The van der Waals surface area contributed by atoms with Crippen LogP contribution in [0.4, 0.5) is 0 Å². The molecule has 1 heterocycles. The Labute approximate surface area is 104 Å². The van der Waals surface area contributed by atoms with E-state index in [9.17, 15) is 10.2 Å². The first-order valence-corrected chi connectivity index (χ1v) is 5.41. The Kier molecular flexibility index (Phi) is 4.18. The van der Waals surface area contributed by atoms with Gasteiger partial charge in [-0.2, -0.15) is 11.3 Å². The van der Waals surface area contributed by atoms with Crippen LogP contribution >= 0.6 is 23.7 Å². The second kappa shape index (κ2) is 5.21. The zero-order valence-electron chi connectivity index (χ0n) is 8.33. The summed E-state index contributed by atoms with van der Waals surface area (Å²) in [4.78, 5) is 0. The summed E-state index contributed by atoms with van der Waals surface area (Å²) in [5, 5.41) is 22.5. The normalized spacial score (nSPS) is 11.8. The Morgan fingerprint density at radius 2 is 1.69 bits per heavy atom. The minimum absolute atomic E-state index is 0. The predicted molar refractivity (Wildman–Crippen MR) is 67.4 cm³/mol. The van der Waals surface area contributed by atoms with Crippen molar-refractivity contribution in [3.8, 4) is 11.5 Å². The summed E-state index contributed by atoms with van der Waals surface area (Å²) in [5.74, 6) is 0.0476. The molecule has 2 rings (SSSR count). The van der Waals surface area contributed by atoms with Crippen LogP contribution in [0.25, 0.3) is 0 Å².